The van der Waals surface area contributed by atoms with E-state index in [1.807, 2.05) is 41.8 Å². The van der Waals surface area contributed by atoms with E-state index in [9.17, 15) is 4.79 Å². The molecular weight excluding hydrogens is 302 g/mol. The first-order valence-electron chi connectivity index (χ1n) is 8.75. The molecule has 0 saturated carbocycles. The predicted octanol–water partition coefficient (Wildman–Crippen LogP) is 2.37. The summed E-state index contributed by atoms with van der Waals surface area (Å²) in [6.07, 6.45) is 8.62. The standard InChI is InChI=1S/C19H23N3O2/c23-19(17-11-16-3-1-2-4-18(16)24-13-17)22-8-5-15(6-9-22)12-21-10-7-20-14-21/h1-4,7,10,14-15,17H,5-6,8-9,11-13H2. The monoisotopic (exact) mass is 325 g/mol. The summed E-state index contributed by atoms with van der Waals surface area (Å²) in [6, 6.07) is 8.03. The SMILES string of the molecule is O=C(C1COc2ccccc2C1)N1CCC(Cn2ccnc2)CC1. The first-order valence-corrected chi connectivity index (χ1v) is 8.75. The molecule has 1 aromatic heterocycles. The molecule has 1 saturated heterocycles. The van der Waals surface area contributed by atoms with E-state index < -0.39 is 0 Å². The van der Waals surface area contributed by atoms with Crippen molar-refractivity contribution in [3.63, 3.8) is 0 Å². The van der Waals surface area contributed by atoms with Crippen LogP contribution >= 0.6 is 0 Å². The summed E-state index contributed by atoms with van der Waals surface area (Å²) in [5, 5.41) is 0. The fourth-order valence-corrected chi connectivity index (χ4v) is 3.77. The Labute approximate surface area is 142 Å². The summed E-state index contributed by atoms with van der Waals surface area (Å²) in [4.78, 5) is 18.9. The third kappa shape index (κ3) is 3.16. The Balaban J connectivity index is 1.32. The molecule has 126 valence electrons. The zero-order valence-electron chi connectivity index (χ0n) is 13.8. The van der Waals surface area contributed by atoms with Gasteiger partial charge in [-0.15, -0.1) is 0 Å². The molecule has 0 N–H and O–H groups in total. The van der Waals surface area contributed by atoms with Crippen LogP contribution < -0.4 is 4.74 Å². The highest BCUT2D eigenvalue weighted by molar-refractivity contribution is 5.80. The molecule has 2 aliphatic heterocycles. The number of carbonyl (C=O) groups is 1. The van der Waals surface area contributed by atoms with Crippen molar-refractivity contribution in [3.05, 3.63) is 48.5 Å². The number of piperidine rings is 1. The van der Waals surface area contributed by atoms with Gasteiger partial charge in [0.2, 0.25) is 5.91 Å². The summed E-state index contributed by atoms with van der Waals surface area (Å²) < 4.78 is 7.91. The average molecular weight is 325 g/mol. The van der Waals surface area contributed by atoms with Gasteiger partial charge in [-0.25, -0.2) is 4.98 Å². The molecule has 0 radical (unpaired) electrons. The fraction of sp³-hybridized carbons (Fsp3) is 0.474. The number of amides is 1. The van der Waals surface area contributed by atoms with Crippen molar-refractivity contribution < 1.29 is 9.53 Å². The van der Waals surface area contributed by atoms with Crippen LogP contribution in [-0.2, 0) is 17.8 Å². The second-order valence-electron chi connectivity index (χ2n) is 6.85. The van der Waals surface area contributed by atoms with Crippen LogP contribution in [0.25, 0.3) is 0 Å². The van der Waals surface area contributed by atoms with Crippen LogP contribution in [0.1, 0.15) is 18.4 Å². The van der Waals surface area contributed by atoms with Crippen molar-refractivity contribution in [2.24, 2.45) is 11.8 Å². The van der Waals surface area contributed by atoms with Gasteiger partial charge < -0.3 is 14.2 Å². The zero-order chi connectivity index (χ0) is 16.4. The van der Waals surface area contributed by atoms with Crippen molar-refractivity contribution in [3.8, 4) is 5.75 Å². The van der Waals surface area contributed by atoms with Gasteiger partial charge in [0.05, 0.1) is 12.2 Å². The fourth-order valence-electron chi connectivity index (χ4n) is 3.77. The number of carbonyl (C=O) groups excluding carboxylic acids is 1. The quantitative estimate of drug-likeness (QED) is 0.870. The first kappa shape index (κ1) is 15.2. The van der Waals surface area contributed by atoms with Gasteiger partial charge in [0.1, 0.15) is 12.4 Å². The van der Waals surface area contributed by atoms with Gasteiger partial charge in [-0.2, -0.15) is 0 Å². The van der Waals surface area contributed by atoms with Gasteiger partial charge in [0.25, 0.3) is 0 Å². The lowest BCUT2D eigenvalue weighted by molar-refractivity contribution is -0.138. The summed E-state index contributed by atoms with van der Waals surface area (Å²) in [5.74, 6) is 1.78. The molecule has 4 rings (SSSR count). The third-order valence-corrected chi connectivity index (χ3v) is 5.18. The molecule has 0 bridgehead atoms. The minimum absolute atomic E-state index is 0.0369. The van der Waals surface area contributed by atoms with E-state index in [1.54, 1.807) is 0 Å². The lowest BCUT2D eigenvalue weighted by atomic mass is 9.92. The van der Waals surface area contributed by atoms with Crippen LogP contribution in [0.5, 0.6) is 5.75 Å². The second kappa shape index (κ2) is 6.67. The van der Waals surface area contributed by atoms with Crippen molar-refractivity contribution in [1.29, 1.82) is 0 Å². The first-order chi connectivity index (χ1) is 11.8. The highest BCUT2D eigenvalue weighted by Crippen LogP contribution is 2.29. The number of imidazole rings is 1. The number of likely N-dealkylation sites (tertiary alicyclic amines) is 1. The van der Waals surface area contributed by atoms with E-state index >= 15 is 0 Å². The minimum atomic E-state index is -0.0369. The molecule has 24 heavy (non-hydrogen) atoms. The molecule has 1 unspecified atom stereocenters. The minimum Gasteiger partial charge on any atom is -0.492 e. The molecule has 5 nitrogen and oxygen atoms in total. The number of rotatable bonds is 3. The topological polar surface area (TPSA) is 47.4 Å². The van der Waals surface area contributed by atoms with Crippen LogP contribution in [0, 0.1) is 11.8 Å². The molecule has 1 aromatic carbocycles. The van der Waals surface area contributed by atoms with Crippen molar-refractivity contribution >= 4 is 5.91 Å². The van der Waals surface area contributed by atoms with Crippen LogP contribution in [0.3, 0.4) is 0 Å². The molecule has 1 atom stereocenters. The number of hydrogen-bond donors (Lipinski definition) is 0. The van der Waals surface area contributed by atoms with E-state index in [0.29, 0.717) is 12.5 Å². The highest BCUT2D eigenvalue weighted by atomic mass is 16.5. The lowest BCUT2D eigenvalue weighted by Crippen LogP contribution is -2.45. The van der Waals surface area contributed by atoms with E-state index in [4.69, 9.17) is 4.74 Å². The molecule has 1 fully saturated rings. The Bertz CT molecular complexity index is 690. The summed E-state index contributed by atoms with van der Waals surface area (Å²) in [5.41, 5.74) is 1.15. The average Bonchev–Trinajstić information content (AvgIpc) is 3.14. The highest BCUT2D eigenvalue weighted by Gasteiger charge is 2.31. The van der Waals surface area contributed by atoms with E-state index in [1.165, 1.54) is 0 Å². The smallest absolute Gasteiger partial charge is 0.229 e. The Morgan fingerprint density at radius 3 is 2.88 bits per heavy atom. The number of benzene rings is 1. The Morgan fingerprint density at radius 1 is 1.25 bits per heavy atom. The van der Waals surface area contributed by atoms with Gasteiger partial charge in [0.15, 0.2) is 0 Å². The van der Waals surface area contributed by atoms with E-state index in [0.717, 1.165) is 50.2 Å². The van der Waals surface area contributed by atoms with E-state index in [-0.39, 0.29) is 11.8 Å². The maximum absolute atomic E-state index is 12.8. The molecule has 3 heterocycles. The van der Waals surface area contributed by atoms with Crippen LogP contribution in [0.2, 0.25) is 0 Å². The third-order valence-electron chi connectivity index (χ3n) is 5.18. The normalized spacial score (nSPS) is 21.2. The number of hydrogen-bond acceptors (Lipinski definition) is 3. The zero-order valence-corrected chi connectivity index (χ0v) is 13.8. The maximum Gasteiger partial charge on any atom is 0.229 e. The molecular formula is C19H23N3O2. The summed E-state index contributed by atoms with van der Waals surface area (Å²) >= 11 is 0. The Kier molecular flexibility index (Phi) is 4.24. The number of ether oxygens (including phenoxy) is 1. The predicted molar refractivity (Wildman–Crippen MR) is 90.7 cm³/mol. The molecule has 0 aliphatic carbocycles. The molecule has 0 spiro atoms. The van der Waals surface area contributed by atoms with Crippen LogP contribution in [0.15, 0.2) is 43.0 Å². The molecule has 2 aliphatic rings. The van der Waals surface area contributed by atoms with Crippen molar-refractivity contribution in [2.45, 2.75) is 25.8 Å². The van der Waals surface area contributed by atoms with Crippen LogP contribution in [-0.4, -0.2) is 40.1 Å². The maximum atomic E-state index is 12.8. The lowest BCUT2D eigenvalue weighted by Gasteiger charge is -2.35. The number of aromatic nitrogens is 2. The van der Waals surface area contributed by atoms with Crippen molar-refractivity contribution in [1.82, 2.24) is 14.5 Å². The second-order valence-corrected chi connectivity index (χ2v) is 6.85. The number of nitrogens with zero attached hydrogens (tertiary/aromatic N) is 3. The summed E-state index contributed by atoms with van der Waals surface area (Å²) in [6.45, 7) is 3.22. The number of fused-ring (bicyclic) bond motifs is 1. The number of para-hydroxylation sites is 1. The Morgan fingerprint density at radius 2 is 2.08 bits per heavy atom. The van der Waals surface area contributed by atoms with Gasteiger partial charge >= 0.3 is 0 Å². The van der Waals surface area contributed by atoms with E-state index in [2.05, 4.69) is 15.6 Å². The molecule has 2 aromatic rings. The van der Waals surface area contributed by atoms with Gasteiger partial charge in [-0.05, 0) is 36.8 Å². The molecule has 5 heteroatoms. The van der Waals surface area contributed by atoms with Crippen LogP contribution in [0.4, 0.5) is 0 Å². The summed E-state index contributed by atoms with van der Waals surface area (Å²) in [7, 11) is 0. The molecule has 1 amide bonds. The van der Waals surface area contributed by atoms with Crippen molar-refractivity contribution in [2.75, 3.05) is 19.7 Å². The van der Waals surface area contributed by atoms with Gasteiger partial charge in [-0.3, -0.25) is 4.79 Å². The van der Waals surface area contributed by atoms with Gasteiger partial charge in [-0.1, -0.05) is 18.2 Å². The van der Waals surface area contributed by atoms with Gasteiger partial charge in [0, 0.05) is 32.0 Å². The Hall–Kier alpha value is -2.30. The largest absolute Gasteiger partial charge is 0.492 e.